The highest BCUT2D eigenvalue weighted by atomic mass is 16.4. The van der Waals surface area contributed by atoms with Crippen molar-refractivity contribution in [3.8, 4) is 0 Å². The van der Waals surface area contributed by atoms with Gasteiger partial charge in [-0.1, -0.05) is 23.4 Å². The standard InChI is InChI=1S/C14H13N3O2/c1-10(16-18)13-4-2-3-5-14(13)15-11-6-8-12(17-19)9-7-11/h2-9,15,18H,1H3/b16-10+. The summed E-state index contributed by atoms with van der Waals surface area (Å²) in [5.74, 6) is 0. The van der Waals surface area contributed by atoms with Crippen molar-refractivity contribution in [2.24, 2.45) is 10.3 Å². The average Bonchev–Trinajstić information content (AvgIpc) is 2.48. The molecule has 2 aromatic carbocycles. The smallest absolute Gasteiger partial charge is 0.108 e. The topological polar surface area (TPSA) is 74.1 Å². The quantitative estimate of drug-likeness (QED) is 0.375. The van der Waals surface area contributed by atoms with Crippen LogP contribution in [0.4, 0.5) is 17.1 Å². The highest BCUT2D eigenvalue weighted by Gasteiger charge is 2.05. The summed E-state index contributed by atoms with van der Waals surface area (Å²) in [5.41, 5.74) is 3.36. The van der Waals surface area contributed by atoms with Gasteiger partial charge in [-0.15, -0.1) is 4.91 Å². The second kappa shape index (κ2) is 5.77. The van der Waals surface area contributed by atoms with Gasteiger partial charge in [0, 0.05) is 16.9 Å². The van der Waals surface area contributed by atoms with Crippen LogP contribution in [0.2, 0.25) is 0 Å². The molecule has 0 radical (unpaired) electrons. The third-order valence-electron chi connectivity index (χ3n) is 2.72. The van der Waals surface area contributed by atoms with E-state index in [2.05, 4.69) is 15.6 Å². The molecule has 2 rings (SSSR count). The lowest BCUT2D eigenvalue weighted by molar-refractivity contribution is 0.319. The second-order valence-electron chi connectivity index (χ2n) is 3.99. The maximum atomic E-state index is 10.3. The molecule has 0 fully saturated rings. The normalized spacial score (nSPS) is 11.1. The summed E-state index contributed by atoms with van der Waals surface area (Å²) in [5, 5.41) is 18.1. The molecule has 2 N–H and O–H groups in total. The van der Waals surface area contributed by atoms with Crippen molar-refractivity contribution in [3.05, 3.63) is 59.0 Å². The fourth-order valence-electron chi connectivity index (χ4n) is 1.72. The molecule has 0 heterocycles. The van der Waals surface area contributed by atoms with Gasteiger partial charge in [0.1, 0.15) is 5.69 Å². The maximum Gasteiger partial charge on any atom is 0.108 e. The summed E-state index contributed by atoms with van der Waals surface area (Å²) in [6, 6.07) is 14.3. The van der Waals surface area contributed by atoms with Gasteiger partial charge < -0.3 is 10.5 Å². The van der Waals surface area contributed by atoms with Gasteiger partial charge in [0.2, 0.25) is 0 Å². The highest BCUT2D eigenvalue weighted by molar-refractivity contribution is 6.03. The molecular weight excluding hydrogens is 242 g/mol. The maximum absolute atomic E-state index is 10.3. The predicted molar refractivity (Wildman–Crippen MR) is 75.6 cm³/mol. The minimum Gasteiger partial charge on any atom is -0.411 e. The van der Waals surface area contributed by atoms with E-state index in [4.69, 9.17) is 5.21 Å². The van der Waals surface area contributed by atoms with Crippen molar-refractivity contribution in [1.29, 1.82) is 0 Å². The van der Waals surface area contributed by atoms with Crippen LogP contribution in [-0.4, -0.2) is 10.9 Å². The fraction of sp³-hybridized carbons (Fsp3) is 0.0714. The minimum absolute atomic E-state index is 0.381. The first kappa shape index (κ1) is 12.8. The molecule has 0 spiro atoms. The van der Waals surface area contributed by atoms with Gasteiger partial charge in [-0.05, 0) is 42.4 Å². The van der Waals surface area contributed by atoms with Crippen LogP contribution in [0.5, 0.6) is 0 Å². The van der Waals surface area contributed by atoms with E-state index in [0.717, 1.165) is 16.9 Å². The van der Waals surface area contributed by atoms with Crippen LogP contribution in [0.15, 0.2) is 58.9 Å². The number of nitroso groups, excluding NO2 is 1. The first-order valence-electron chi connectivity index (χ1n) is 5.73. The number of rotatable bonds is 4. The molecule has 0 atom stereocenters. The van der Waals surface area contributed by atoms with Gasteiger partial charge in [-0.25, -0.2) is 0 Å². The molecule has 0 amide bonds. The number of hydrogen-bond acceptors (Lipinski definition) is 5. The van der Waals surface area contributed by atoms with Crippen LogP contribution in [-0.2, 0) is 0 Å². The summed E-state index contributed by atoms with van der Waals surface area (Å²) < 4.78 is 0. The molecule has 19 heavy (non-hydrogen) atoms. The molecule has 5 nitrogen and oxygen atoms in total. The van der Waals surface area contributed by atoms with Gasteiger partial charge in [-0.2, -0.15) is 0 Å². The zero-order valence-electron chi connectivity index (χ0n) is 10.4. The average molecular weight is 255 g/mol. The summed E-state index contributed by atoms with van der Waals surface area (Å²) in [6.07, 6.45) is 0. The Labute approximate surface area is 110 Å². The van der Waals surface area contributed by atoms with Crippen LogP contribution in [0.1, 0.15) is 12.5 Å². The molecule has 96 valence electrons. The highest BCUT2D eigenvalue weighted by Crippen LogP contribution is 2.23. The van der Waals surface area contributed by atoms with E-state index in [-0.39, 0.29) is 0 Å². The molecule has 2 aromatic rings. The number of hydrogen-bond donors (Lipinski definition) is 2. The van der Waals surface area contributed by atoms with Crippen LogP contribution in [0.25, 0.3) is 0 Å². The van der Waals surface area contributed by atoms with Gasteiger partial charge >= 0.3 is 0 Å². The Kier molecular flexibility index (Phi) is 3.87. The van der Waals surface area contributed by atoms with E-state index in [0.29, 0.717) is 11.4 Å². The van der Waals surface area contributed by atoms with Crippen molar-refractivity contribution >= 4 is 22.8 Å². The largest absolute Gasteiger partial charge is 0.411 e. The molecule has 5 heteroatoms. The second-order valence-corrected chi connectivity index (χ2v) is 3.99. The van der Waals surface area contributed by atoms with Crippen molar-refractivity contribution in [2.75, 3.05) is 5.32 Å². The van der Waals surface area contributed by atoms with E-state index in [1.807, 2.05) is 24.3 Å². The van der Waals surface area contributed by atoms with Gasteiger partial charge in [0.15, 0.2) is 0 Å². The molecule has 0 saturated carbocycles. The van der Waals surface area contributed by atoms with Crippen LogP contribution in [0.3, 0.4) is 0 Å². The first-order valence-corrected chi connectivity index (χ1v) is 5.73. The first-order chi connectivity index (χ1) is 9.24. The van der Waals surface area contributed by atoms with E-state index >= 15 is 0 Å². The lowest BCUT2D eigenvalue weighted by atomic mass is 10.1. The molecule has 0 aliphatic rings. The lowest BCUT2D eigenvalue weighted by Gasteiger charge is -2.11. The summed E-state index contributed by atoms with van der Waals surface area (Å²) >= 11 is 0. The van der Waals surface area contributed by atoms with Crippen molar-refractivity contribution in [1.82, 2.24) is 0 Å². The van der Waals surface area contributed by atoms with Gasteiger partial charge in [-0.3, -0.25) is 0 Å². The molecule has 0 aromatic heterocycles. The third-order valence-corrected chi connectivity index (χ3v) is 2.72. The Morgan fingerprint density at radius 1 is 1.11 bits per heavy atom. The molecule has 0 saturated heterocycles. The number of nitrogens with zero attached hydrogens (tertiary/aromatic N) is 2. The Hall–Kier alpha value is -2.69. The number of benzene rings is 2. The fourth-order valence-corrected chi connectivity index (χ4v) is 1.72. The SMILES string of the molecule is C/C(=N\O)c1ccccc1Nc1ccc(N=O)cc1. The molecule has 0 aliphatic carbocycles. The number of para-hydroxylation sites is 1. The molecule has 0 bridgehead atoms. The van der Waals surface area contributed by atoms with Crippen LogP contribution in [0, 0.1) is 4.91 Å². The van der Waals surface area contributed by atoms with Crippen molar-refractivity contribution in [3.63, 3.8) is 0 Å². The minimum atomic E-state index is 0.381. The number of oxime groups is 1. The Morgan fingerprint density at radius 3 is 2.42 bits per heavy atom. The number of nitrogens with one attached hydrogen (secondary N) is 1. The monoisotopic (exact) mass is 255 g/mol. The Morgan fingerprint density at radius 2 is 1.79 bits per heavy atom. The summed E-state index contributed by atoms with van der Waals surface area (Å²) in [4.78, 5) is 10.3. The summed E-state index contributed by atoms with van der Waals surface area (Å²) in [7, 11) is 0. The Bertz CT molecular complexity index is 606. The van der Waals surface area contributed by atoms with Crippen molar-refractivity contribution < 1.29 is 5.21 Å². The van der Waals surface area contributed by atoms with Crippen LogP contribution < -0.4 is 5.32 Å². The molecular formula is C14H13N3O2. The van der Waals surface area contributed by atoms with E-state index < -0.39 is 0 Å². The van der Waals surface area contributed by atoms with Crippen LogP contribution >= 0.6 is 0 Å². The predicted octanol–water partition coefficient (Wildman–Crippen LogP) is 4.03. The van der Waals surface area contributed by atoms with E-state index in [1.54, 1.807) is 31.2 Å². The molecule has 0 unspecified atom stereocenters. The lowest BCUT2D eigenvalue weighted by Crippen LogP contribution is -2.01. The van der Waals surface area contributed by atoms with Crippen molar-refractivity contribution in [2.45, 2.75) is 6.92 Å². The summed E-state index contributed by atoms with van der Waals surface area (Å²) in [6.45, 7) is 1.72. The van der Waals surface area contributed by atoms with Gasteiger partial charge in [0.25, 0.3) is 0 Å². The number of anilines is 2. The molecule has 0 aliphatic heterocycles. The van der Waals surface area contributed by atoms with E-state index in [1.165, 1.54) is 0 Å². The zero-order chi connectivity index (χ0) is 13.7. The van der Waals surface area contributed by atoms with Gasteiger partial charge in [0.05, 0.1) is 5.71 Å². The third kappa shape index (κ3) is 2.95. The zero-order valence-corrected chi connectivity index (χ0v) is 10.4. The Balaban J connectivity index is 2.30. The van der Waals surface area contributed by atoms with E-state index in [9.17, 15) is 4.91 Å².